The number of rotatable bonds is 8. The molecule has 0 aliphatic carbocycles. The van der Waals surface area contributed by atoms with E-state index in [9.17, 15) is 0 Å². The molecule has 2 N–H and O–H groups in total. The third-order valence-corrected chi connectivity index (χ3v) is 3.74. The zero-order chi connectivity index (χ0) is 17.9. The molecule has 134 valence electrons. The second-order valence-electron chi connectivity index (χ2n) is 5.68. The van der Waals surface area contributed by atoms with Crippen LogP contribution in [0.5, 0.6) is 11.5 Å². The summed E-state index contributed by atoms with van der Waals surface area (Å²) in [6, 6.07) is 17.9. The summed E-state index contributed by atoms with van der Waals surface area (Å²) >= 11 is 0. The van der Waals surface area contributed by atoms with Gasteiger partial charge in [-0.3, -0.25) is 4.99 Å². The Kier molecular flexibility index (Phi) is 7.63. The van der Waals surface area contributed by atoms with Crippen LogP contribution in [0.1, 0.15) is 12.5 Å². The maximum absolute atomic E-state index is 5.85. The number of benzene rings is 2. The number of aliphatic imine (C=N–C) groups is 1. The Morgan fingerprint density at radius 3 is 2.48 bits per heavy atom. The Morgan fingerprint density at radius 1 is 1.04 bits per heavy atom. The molecule has 2 rings (SSSR count). The van der Waals surface area contributed by atoms with Gasteiger partial charge in [-0.2, -0.15) is 0 Å². The van der Waals surface area contributed by atoms with Crippen LogP contribution in [0.25, 0.3) is 0 Å². The normalized spacial score (nSPS) is 12.4. The molecule has 2 aromatic carbocycles. The smallest absolute Gasteiger partial charge is 0.191 e. The van der Waals surface area contributed by atoms with E-state index in [1.165, 1.54) is 5.56 Å². The average Bonchev–Trinajstić information content (AvgIpc) is 2.65. The topological polar surface area (TPSA) is 54.9 Å². The van der Waals surface area contributed by atoms with Crippen molar-refractivity contribution in [2.45, 2.75) is 19.4 Å². The predicted octanol–water partition coefficient (Wildman–Crippen LogP) is 2.87. The van der Waals surface area contributed by atoms with E-state index in [0.29, 0.717) is 6.54 Å². The fraction of sp³-hybridized carbons (Fsp3) is 0.350. The molecule has 1 unspecified atom stereocenters. The molecule has 5 heteroatoms. The molecule has 0 saturated carbocycles. The Balaban J connectivity index is 1.73. The maximum atomic E-state index is 5.85. The van der Waals surface area contributed by atoms with E-state index < -0.39 is 0 Å². The Bertz CT molecular complexity index is 659. The lowest BCUT2D eigenvalue weighted by Gasteiger charge is -2.18. The zero-order valence-corrected chi connectivity index (χ0v) is 15.2. The van der Waals surface area contributed by atoms with Gasteiger partial charge in [-0.25, -0.2) is 0 Å². The number of ether oxygens (including phenoxy) is 2. The van der Waals surface area contributed by atoms with E-state index in [4.69, 9.17) is 9.47 Å². The fourth-order valence-electron chi connectivity index (χ4n) is 2.46. The summed E-state index contributed by atoms with van der Waals surface area (Å²) in [5.74, 6) is 2.55. The van der Waals surface area contributed by atoms with Crippen molar-refractivity contribution < 1.29 is 9.47 Å². The third-order valence-electron chi connectivity index (χ3n) is 3.74. The standard InChI is InChI=1S/C20H27N3O2/c1-16(25-18-10-5-4-6-11-18)15-23-20(21-2)22-14-13-17-9-7-8-12-19(17)24-3/h4-12,16H,13-15H2,1-3H3,(H2,21,22,23). The van der Waals surface area contributed by atoms with Crippen molar-refractivity contribution in [3.8, 4) is 11.5 Å². The summed E-state index contributed by atoms with van der Waals surface area (Å²) in [4.78, 5) is 4.25. The number of guanidine groups is 1. The first-order valence-electron chi connectivity index (χ1n) is 8.51. The Hall–Kier alpha value is -2.69. The Morgan fingerprint density at radius 2 is 1.76 bits per heavy atom. The quantitative estimate of drug-likeness (QED) is 0.573. The van der Waals surface area contributed by atoms with Crippen LogP contribution in [0.2, 0.25) is 0 Å². The van der Waals surface area contributed by atoms with Crippen molar-refractivity contribution in [1.82, 2.24) is 10.6 Å². The SMILES string of the molecule is CN=C(NCCc1ccccc1OC)NCC(C)Oc1ccccc1. The lowest BCUT2D eigenvalue weighted by Crippen LogP contribution is -2.42. The first-order chi connectivity index (χ1) is 12.2. The van der Waals surface area contributed by atoms with E-state index >= 15 is 0 Å². The minimum Gasteiger partial charge on any atom is -0.496 e. The molecular weight excluding hydrogens is 314 g/mol. The van der Waals surface area contributed by atoms with Crippen molar-refractivity contribution in [1.29, 1.82) is 0 Å². The molecule has 0 aliphatic heterocycles. The lowest BCUT2D eigenvalue weighted by molar-refractivity contribution is 0.224. The summed E-state index contributed by atoms with van der Waals surface area (Å²) in [5.41, 5.74) is 1.17. The number of nitrogens with one attached hydrogen (secondary N) is 2. The molecule has 1 atom stereocenters. The summed E-state index contributed by atoms with van der Waals surface area (Å²) in [5, 5.41) is 6.60. The van der Waals surface area contributed by atoms with Gasteiger partial charge in [0.25, 0.3) is 0 Å². The lowest BCUT2D eigenvalue weighted by atomic mass is 10.1. The van der Waals surface area contributed by atoms with E-state index in [-0.39, 0.29) is 6.10 Å². The van der Waals surface area contributed by atoms with E-state index in [2.05, 4.69) is 21.7 Å². The number of para-hydroxylation sites is 2. The highest BCUT2D eigenvalue weighted by Crippen LogP contribution is 2.17. The first kappa shape index (κ1) is 18.6. The summed E-state index contributed by atoms with van der Waals surface area (Å²) in [6.45, 7) is 3.47. The van der Waals surface area contributed by atoms with Gasteiger partial charge in [0, 0.05) is 13.6 Å². The van der Waals surface area contributed by atoms with Crippen LogP contribution in [-0.4, -0.2) is 39.3 Å². The minimum absolute atomic E-state index is 0.0372. The van der Waals surface area contributed by atoms with Crippen molar-refractivity contribution >= 4 is 5.96 Å². The van der Waals surface area contributed by atoms with Crippen molar-refractivity contribution in [2.75, 3.05) is 27.2 Å². The number of nitrogens with zero attached hydrogens (tertiary/aromatic N) is 1. The van der Waals surface area contributed by atoms with E-state index in [0.717, 1.165) is 30.4 Å². The predicted molar refractivity (Wildman–Crippen MR) is 103 cm³/mol. The molecule has 0 aliphatic rings. The van der Waals surface area contributed by atoms with Crippen LogP contribution in [0.3, 0.4) is 0 Å². The monoisotopic (exact) mass is 341 g/mol. The summed E-state index contributed by atoms with van der Waals surface area (Å²) < 4.78 is 11.2. The summed E-state index contributed by atoms with van der Waals surface area (Å²) in [7, 11) is 3.46. The molecule has 0 fully saturated rings. The largest absolute Gasteiger partial charge is 0.496 e. The van der Waals surface area contributed by atoms with Crippen LogP contribution in [0.4, 0.5) is 0 Å². The van der Waals surface area contributed by atoms with Gasteiger partial charge in [0.15, 0.2) is 5.96 Å². The Labute approximate surface area is 150 Å². The van der Waals surface area contributed by atoms with Gasteiger partial charge in [-0.05, 0) is 37.1 Å². The first-order valence-corrected chi connectivity index (χ1v) is 8.51. The van der Waals surface area contributed by atoms with Gasteiger partial charge in [0.2, 0.25) is 0 Å². The van der Waals surface area contributed by atoms with Gasteiger partial charge < -0.3 is 20.1 Å². The molecule has 5 nitrogen and oxygen atoms in total. The van der Waals surface area contributed by atoms with Crippen LogP contribution < -0.4 is 20.1 Å². The zero-order valence-electron chi connectivity index (χ0n) is 15.2. The number of methoxy groups -OCH3 is 1. The van der Waals surface area contributed by atoms with Crippen LogP contribution >= 0.6 is 0 Å². The second kappa shape index (κ2) is 10.2. The van der Waals surface area contributed by atoms with Gasteiger partial charge in [-0.15, -0.1) is 0 Å². The van der Waals surface area contributed by atoms with Crippen molar-refractivity contribution in [3.05, 3.63) is 60.2 Å². The van der Waals surface area contributed by atoms with E-state index in [1.807, 2.05) is 55.5 Å². The molecule has 2 aromatic rings. The highest BCUT2D eigenvalue weighted by molar-refractivity contribution is 5.79. The van der Waals surface area contributed by atoms with Gasteiger partial charge in [0.05, 0.1) is 13.7 Å². The number of hydrogen-bond acceptors (Lipinski definition) is 3. The van der Waals surface area contributed by atoms with Gasteiger partial charge >= 0.3 is 0 Å². The molecule has 0 heterocycles. The third kappa shape index (κ3) is 6.37. The highest BCUT2D eigenvalue weighted by Gasteiger charge is 2.06. The van der Waals surface area contributed by atoms with E-state index in [1.54, 1.807) is 14.2 Å². The van der Waals surface area contributed by atoms with Crippen LogP contribution in [0, 0.1) is 0 Å². The number of hydrogen-bond donors (Lipinski definition) is 2. The molecule has 0 spiro atoms. The molecule has 0 bridgehead atoms. The van der Waals surface area contributed by atoms with Crippen LogP contribution in [0.15, 0.2) is 59.6 Å². The molecular formula is C20H27N3O2. The molecule has 25 heavy (non-hydrogen) atoms. The molecule has 0 saturated heterocycles. The van der Waals surface area contributed by atoms with Crippen LogP contribution in [-0.2, 0) is 6.42 Å². The van der Waals surface area contributed by atoms with Gasteiger partial charge in [0.1, 0.15) is 17.6 Å². The molecule has 0 aromatic heterocycles. The average molecular weight is 341 g/mol. The maximum Gasteiger partial charge on any atom is 0.191 e. The van der Waals surface area contributed by atoms with Crippen molar-refractivity contribution in [2.24, 2.45) is 4.99 Å². The van der Waals surface area contributed by atoms with Crippen molar-refractivity contribution in [3.63, 3.8) is 0 Å². The highest BCUT2D eigenvalue weighted by atomic mass is 16.5. The minimum atomic E-state index is 0.0372. The molecule has 0 amide bonds. The van der Waals surface area contributed by atoms with Gasteiger partial charge in [-0.1, -0.05) is 36.4 Å². The second-order valence-corrected chi connectivity index (χ2v) is 5.68. The summed E-state index contributed by atoms with van der Waals surface area (Å²) in [6.07, 6.45) is 0.899. The fourth-order valence-corrected chi connectivity index (χ4v) is 2.46. The molecule has 0 radical (unpaired) electrons.